The Bertz CT molecular complexity index is 715. The van der Waals surface area contributed by atoms with Gasteiger partial charge in [-0.05, 0) is 55.9 Å². The summed E-state index contributed by atoms with van der Waals surface area (Å²) < 4.78 is 5.48. The second-order valence-corrected chi connectivity index (χ2v) is 8.29. The van der Waals surface area contributed by atoms with E-state index in [0.29, 0.717) is 12.2 Å². The van der Waals surface area contributed by atoms with E-state index in [-0.39, 0.29) is 23.7 Å². The highest BCUT2D eigenvalue weighted by molar-refractivity contribution is 6.08. The fourth-order valence-corrected chi connectivity index (χ4v) is 5.73. The summed E-state index contributed by atoms with van der Waals surface area (Å²) in [7, 11) is 0. The fourth-order valence-electron chi connectivity index (χ4n) is 5.73. The van der Waals surface area contributed by atoms with Crippen molar-refractivity contribution in [3.05, 3.63) is 34.8 Å². The number of allylic oxidation sites excluding steroid dienone is 2. The molecular formula is C20H26O4. The lowest BCUT2D eigenvalue weighted by molar-refractivity contribution is -0.123. The molecule has 0 amide bonds. The van der Waals surface area contributed by atoms with Crippen LogP contribution in [0.4, 0.5) is 0 Å². The van der Waals surface area contributed by atoms with Gasteiger partial charge in [0.2, 0.25) is 5.78 Å². The zero-order valence-corrected chi connectivity index (χ0v) is 14.5. The van der Waals surface area contributed by atoms with Crippen LogP contribution in [-0.2, 0) is 6.42 Å². The minimum atomic E-state index is -0.493. The Morgan fingerprint density at radius 3 is 2.79 bits per heavy atom. The molecule has 0 saturated heterocycles. The predicted octanol–water partition coefficient (Wildman–Crippen LogP) is 3.27. The van der Waals surface area contributed by atoms with Gasteiger partial charge in [0.15, 0.2) is 5.76 Å². The molecule has 130 valence electrons. The number of aryl methyl sites for hydroxylation is 1. The molecule has 1 fully saturated rings. The van der Waals surface area contributed by atoms with Gasteiger partial charge in [-0.15, -0.1) is 0 Å². The molecular weight excluding hydrogens is 304 g/mol. The molecule has 1 saturated carbocycles. The van der Waals surface area contributed by atoms with Gasteiger partial charge in [-0.25, -0.2) is 0 Å². The molecule has 1 aromatic heterocycles. The normalized spacial score (nSPS) is 39.1. The van der Waals surface area contributed by atoms with Crippen molar-refractivity contribution in [3.8, 4) is 0 Å². The molecule has 0 aromatic carbocycles. The SMILES string of the molecule is CC12CCC(O)C(C)(CO)C1CCC1=C2CCc2ccoc2C1=O. The van der Waals surface area contributed by atoms with Gasteiger partial charge in [-0.2, -0.15) is 0 Å². The third-order valence-corrected chi connectivity index (χ3v) is 7.21. The van der Waals surface area contributed by atoms with Crippen LogP contribution in [0.2, 0.25) is 0 Å². The summed E-state index contributed by atoms with van der Waals surface area (Å²) in [6.07, 6.45) is 5.96. The van der Waals surface area contributed by atoms with Gasteiger partial charge in [-0.1, -0.05) is 19.4 Å². The molecule has 3 aliphatic carbocycles. The second kappa shape index (κ2) is 5.30. The topological polar surface area (TPSA) is 70.7 Å². The lowest BCUT2D eigenvalue weighted by atomic mass is 9.48. The Balaban J connectivity index is 1.81. The maximum Gasteiger partial charge on any atom is 0.224 e. The van der Waals surface area contributed by atoms with Crippen LogP contribution >= 0.6 is 0 Å². The third kappa shape index (κ3) is 1.96. The first-order valence-corrected chi connectivity index (χ1v) is 9.04. The van der Waals surface area contributed by atoms with E-state index in [9.17, 15) is 15.0 Å². The Labute approximate surface area is 142 Å². The number of hydrogen-bond acceptors (Lipinski definition) is 4. The first-order chi connectivity index (χ1) is 11.4. The van der Waals surface area contributed by atoms with Gasteiger partial charge in [-0.3, -0.25) is 4.79 Å². The highest BCUT2D eigenvalue weighted by Gasteiger charge is 2.56. The van der Waals surface area contributed by atoms with Gasteiger partial charge in [0.05, 0.1) is 19.0 Å². The van der Waals surface area contributed by atoms with Gasteiger partial charge >= 0.3 is 0 Å². The Hall–Kier alpha value is -1.39. The molecule has 4 heteroatoms. The monoisotopic (exact) mass is 330 g/mol. The van der Waals surface area contributed by atoms with Crippen molar-refractivity contribution in [3.63, 3.8) is 0 Å². The maximum atomic E-state index is 13.0. The van der Waals surface area contributed by atoms with E-state index < -0.39 is 11.5 Å². The maximum absolute atomic E-state index is 13.0. The van der Waals surface area contributed by atoms with Crippen molar-refractivity contribution >= 4 is 5.78 Å². The van der Waals surface area contributed by atoms with Gasteiger partial charge in [0, 0.05) is 16.6 Å². The van der Waals surface area contributed by atoms with Crippen molar-refractivity contribution in [1.82, 2.24) is 0 Å². The number of Topliss-reactive ketones (excluding diaryl/α,β-unsaturated/α-hetero) is 1. The van der Waals surface area contributed by atoms with Crippen LogP contribution in [0, 0.1) is 16.7 Å². The fraction of sp³-hybridized carbons (Fsp3) is 0.650. The largest absolute Gasteiger partial charge is 0.461 e. The number of carbonyl (C=O) groups excluding carboxylic acids is 1. The third-order valence-electron chi connectivity index (χ3n) is 7.21. The Morgan fingerprint density at radius 2 is 2.04 bits per heavy atom. The highest BCUT2D eigenvalue weighted by Crippen LogP contribution is 2.61. The number of rotatable bonds is 1. The van der Waals surface area contributed by atoms with E-state index in [0.717, 1.165) is 43.2 Å². The summed E-state index contributed by atoms with van der Waals surface area (Å²) in [5, 5.41) is 20.6. The molecule has 0 spiro atoms. The first-order valence-electron chi connectivity index (χ1n) is 9.04. The number of ketones is 1. The van der Waals surface area contributed by atoms with Crippen LogP contribution < -0.4 is 0 Å². The number of carbonyl (C=O) groups is 1. The zero-order valence-electron chi connectivity index (χ0n) is 14.5. The highest BCUT2D eigenvalue weighted by atomic mass is 16.3. The number of hydrogen-bond donors (Lipinski definition) is 2. The van der Waals surface area contributed by atoms with Crippen molar-refractivity contribution in [2.75, 3.05) is 6.61 Å². The Kier molecular flexibility index (Phi) is 3.56. The minimum Gasteiger partial charge on any atom is -0.461 e. The summed E-state index contributed by atoms with van der Waals surface area (Å²) in [5.74, 6) is 0.775. The van der Waals surface area contributed by atoms with E-state index in [1.165, 1.54) is 5.57 Å². The molecule has 0 radical (unpaired) electrons. The Morgan fingerprint density at radius 1 is 1.25 bits per heavy atom. The molecule has 0 aliphatic heterocycles. The molecule has 4 nitrogen and oxygen atoms in total. The molecule has 0 bridgehead atoms. The molecule has 2 N–H and O–H groups in total. The average Bonchev–Trinajstić information content (AvgIpc) is 2.99. The van der Waals surface area contributed by atoms with Crippen LogP contribution in [0.15, 0.2) is 27.9 Å². The van der Waals surface area contributed by atoms with E-state index in [4.69, 9.17) is 4.42 Å². The van der Waals surface area contributed by atoms with E-state index in [2.05, 4.69) is 6.92 Å². The van der Waals surface area contributed by atoms with E-state index in [1.54, 1.807) is 6.26 Å². The molecule has 3 aliphatic rings. The summed E-state index contributed by atoms with van der Waals surface area (Å²) in [5.41, 5.74) is 2.58. The van der Waals surface area contributed by atoms with Crippen LogP contribution in [-0.4, -0.2) is 28.7 Å². The number of furan rings is 1. The standard InChI is InChI=1S/C20H26O4/c1-19-9-7-16(22)20(2,11-21)15(19)6-4-13-14(19)5-3-12-8-10-24-18(12)17(13)23/h8,10,15-16,21-22H,3-7,9,11H2,1-2H3. The first kappa shape index (κ1) is 16.1. The van der Waals surface area contributed by atoms with Crippen LogP contribution in [0.1, 0.15) is 62.1 Å². The summed E-state index contributed by atoms with van der Waals surface area (Å²) in [6, 6.07) is 1.91. The molecule has 4 unspecified atom stereocenters. The van der Waals surface area contributed by atoms with Crippen LogP contribution in [0.25, 0.3) is 0 Å². The summed E-state index contributed by atoms with van der Waals surface area (Å²) >= 11 is 0. The number of aliphatic hydroxyl groups excluding tert-OH is 2. The molecule has 1 heterocycles. The summed E-state index contributed by atoms with van der Waals surface area (Å²) in [4.78, 5) is 13.0. The van der Waals surface area contributed by atoms with Crippen molar-refractivity contribution in [1.29, 1.82) is 0 Å². The van der Waals surface area contributed by atoms with Crippen LogP contribution in [0.3, 0.4) is 0 Å². The van der Waals surface area contributed by atoms with Crippen molar-refractivity contribution < 1.29 is 19.4 Å². The predicted molar refractivity (Wildman–Crippen MR) is 89.7 cm³/mol. The molecule has 4 atom stereocenters. The van der Waals surface area contributed by atoms with E-state index in [1.807, 2.05) is 13.0 Å². The molecule has 1 aromatic rings. The second-order valence-electron chi connectivity index (χ2n) is 8.29. The summed E-state index contributed by atoms with van der Waals surface area (Å²) in [6.45, 7) is 4.24. The molecule has 24 heavy (non-hydrogen) atoms. The smallest absolute Gasteiger partial charge is 0.224 e. The quantitative estimate of drug-likeness (QED) is 0.829. The van der Waals surface area contributed by atoms with Gasteiger partial charge in [0.25, 0.3) is 0 Å². The van der Waals surface area contributed by atoms with E-state index >= 15 is 0 Å². The minimum absolute atomic E-state index is 0.00835. The van der Waals surface area contributed by atoms with Crippen LogP contribution in [0.5, 0.6) is 0 Å². The number of fused-ring (bicyclic) bond motifs is 3. The zero-order chi connectivity index (χ0) is 17.1. The molecule has 4 rings (SSSR count). The average molecular weight is 330 g/mol. The lowest BCUT2D eigenvalue weighted by Crippen LogP contribution is -2.55. The van der Waals surface area contributed by atoms with Gasteiger partial charge < -0.3 is 14.6 Å². The van der Waals surface area contributed by atoms with Crippen molar-refractivity contribution in [2.45, 2.75) is 58.5 Å². The van der Waals surface area contributed by atoms with Crippen molar-refractivity contribution in [2.24, 2.45) is 16.7 Å². The van der Waals surface area contributed by atoms with Gasteiger partial charge in [0.1, 0.15) is 0 Å². The lowest BCUT2D eigenvalue weighted by Gasteiger charge is -2.57. The number of aliphatic hydroxyl groups is 2.